The van der Waals surface area contributed by atoms with Gasteiger partial charge in [0, 0.05) is 22.0 Å². The van der Waals surface area contributed by atoms with Crippen molar-refractivity contribution in [2.24, 2.45) is 0 Å². The summed E-state index contributed by atoms with van der Waals surface area (Å²) >= 11 is 5.13. The van der Waals surface area contributed by atoms with Gasteiger partial charge in [-0.2, -0.15) is 11.3 Å². The summed E-state index contributed by atoms with van der Waals surface area (Å²) in [6.45, 7) is 0.662. The van der Waals surface area contributed by atoms with Crippen LogP contribution in [0.2, 0.25) is 0 Å². The molecule has 0 spiro atoms. The van der Waals surface area contributed by atoms with E-state index in [1.54, 1.807) is 17.4 Å². The van der Waals surface area contributed by atoms with E-state index in [-0.39, 0.29) is 5.82 Å². The van der Waals surface area contributed by atoms with E-state index in [4.69, 9.17) is 0 Å². The number of hydrogen-bond donors (Lipinski definition) is 1. The molecule has 2 rings (SSSR count). The average Bonchev–Trinajstić information content (AvgIpc) is 2.65. The zero-order chi connectivity index (χ0) is 11.5. The molecular formula is C12H11BrFNS. The SMILES string of the molecule is CNCc1cc(F)ccc1-c1cscc1Br. The van der Waals surface area contributed by atoms with Crippen LogP contribution in [0.4, 0.5) is 4.39 Å². The summed E-state index contributed by atoms with van der Waals surface area (Å²) in [5.74, 6) is -0.194. The zero-order valence-corrected chi connectivity index (χ0v) is 11.2. The Hall–Kier alpha value is -0.710. The van der Waals surface area contributed by atoms with Crippen LogP contribution in [0.15, 0.2) is 33.4 Å². The Bertz CT molecular complexity index is 496. The summed E-state index contributed by atoms with van der Waals surface area (Å²) in [6.07, 6.45) is 0. The molecule has 1 heterocycles. The smallest absolute Gasteiger partial charge is 0.123 e. The second-order valence-corrected chi connectivity index (χ2v) is 5.06. The van der Waals surface area contributed by atoms with Gasteiger partial charge in [-0.05, 0) is 51.6 Å². The minimum absolute atomic E-state index is 0.194. The van der Waals surface area contributed by atoms with Crippen molar-refractivity contribution in [2.45, 2.75) is 6.54 Å². The van der Waals surface area contributed by atoms with Crippen molar-refractivity contribution in [3.8, 4) is 11.1 Å². The lowest BCUT2D eigenvalue weighted by Crippen LogP contribution is -2.06. The van der Waals surface area contributed by atoms with Crippen LogP contribution in [0, 0.1) is 5.82 Å². The third kappa shape index (κ3) is 2.34. The van der Waals surface area contributed by atoms with Crippen molar-refractivity contribution >= 4 is 27.3 Å². The van der Waals surface area contributed by atoms with Crippen molar-refractivity contribution in [1.82, 2.24) is 5.32 Å². The number of benzene rings is 1. The number of halogens is 2. The monoisotopic (exact) mass is 299 g/mol. The number of hydrogen-bond acceptors (Lipinski definition) is 2. The highest BCUT2D eigenvalue weighted by atomic mass is 79.9. The van der Waals surface area contributed by atoms with Gasteiger partial charge >= 0.3 is 0 Å². The highest BCUT2D eigenvalue weighted by Crippen LogP contribution is 2.34. The highest BCUT2D eigenvalue weighted by Gasteiger charge is 2.09. The lowest BCUT2D eigenvalue weighted by Gasteiger charge is -2.08. The Labute approximate surface area is 106 Å². The molecule has 1 aromatic heterocycles. The van der Waals surface area contributed by atoms with Gasteiger partial charge in [-0.3, -0.25) is 0 Å². The molecule has 4 heteroatoms. The molecule has 0 fully saturated rings. The second-order valence-electron chi connectivity index (χ2n) is 3.47. The Morgan fingerprint density at radius 3 is 2.75 bits per heavy atom. The Balaban J connectivity index is 2.51. The molecule has 0 aliphatic carbocycles. The summed E-state index contributed by atoms with van der Waals surface area (Å²) in [5.41, 5.74) is 3.17. The first-order valence-electron chi connectivity index (χ1n) is 4.87. The van der Waals surface area contributed by atoms with E-state index in [0.717, 1.165) is 21.2 Å². The minimum atomic E-state index is -0.194. The highest BCUT2D eigenvalue weighted by molar-refractivity contribution is 9.10. The van der Waals surface area contributed by atoms with E-state index in [1.807, 2.05) is 18.5 Å². The van der Waals surface area contributed by atoms with Crippen molar-refractivity contribution in [3.05, 3.63) is 44.8 Å². The Morgan fingerprint density at radius 1 is 1.31 bits per heavy atom. The molecule has 0 saturated heterocycles. The zero-order valence-electron chi connectivity index (χ0n) is 8.76. The third-order valence-corrected chi connectivity index (χ3v) is 4.04. The lowest BCUT2D eigenvalue weighted by molar-refractivity contribution is 0.624. The molecule has 0 aliphatic rings. The van der Waals surface area contributed by atoms with Gasteiger partial charge in [-0.25, -0.2) is 4.39 Å². The van der Waals surface area contributed by atoms with E-state index < -0.39 is 0 Å². The maximum atomic E-state index is 13.2. The topological polar surface area (TPSA) is 12.0 Å². The molecule has 0 amide bonds. The van der Waals surface area contributed by atoms with Crippen LogP contribution < -0.4 is 5.32 Å². The van der Waals surface area contributed by atoms with Gasteiger partial charge in [0.05, 0.1) is 0 Å². The summed E-state index contributed by atoms with van der Waals surface area (Å²) in [4.78, 5) is 0. The van der Waals surface area contributed by atoms with Crippen LogP contribution in [0.5, 0.6) is 0 Å². The van der Waals surface area contributed by atoms with Crippen molar-refractivity contribution in [2.75, 3.05) is 7.05 Å². The first-order chi connectivity index (χ1) is 7.72. The fourth-order valence-corrected chi connectivity index (χ4v) is 3.14. The van der Waals surface area contributed by atoms with Gasteiger partial charge in [-0.15, -0.1) is 0 Å². The van der Waals surface area contributed by atoms with Gasteiger partial charge in [0.15, 0.2) is 0 Å². The van der Waals surface area contributed by atoms with E-state index in [1.165, 1.54) is 6.07 Å². The molecule has 0 unspecified atom stereocenters. The first-order valence-corrected chi connectivity index (χ1v) is 6.61. The van der Waals surface area contributed by atoms with Gasteiger partial charge < -0.3 is 5.32 Å². The molecule has 84 valence electrons. The van der Waals surface area contributed by atoms with Gasteiger partial charge in [0.1, 0.15) is 5.82 Å². The summed E-state index contributed by atoms with van der Waals surface area (Å²) < 4.78 is 14.2. The van der Waals surface area contributed by atoms with Crippen LogP contribution in [-0.4, -0.2) is 7.05 Å². The summed E-state index contributed by atoms with van der Waals surface area (Å²) in [6, 6.07) is 4.91. The maximum absolute atomic E-state index is 13.2. The molecule has 0 bridgehead atoms. The fourth-order valence-electron chi connectivity index (χ4n) is 1.64. The minimum Gasteiger partial charge on any atom is -0.316 e. The van der Waals surface area contributed by atoms with Gasteiger partial charge in [0.2, 0.25) is 0 Å². The molecule has 0 saturated carbocycles. The number of nitrogens with one attached hydrogen (secondary N) is 1. The van der Waals surface area contributed by atoms with Crippen LogP contribution in [-0.2, 0) is 6.54 Å². The standard InChI is InChI=1S/C12H11BrFNS/c1-15-5-8-4-9(14)2-3-10(8)11-6-16-7-12(11)13/h2-4,6-7,15H,5H2,1H3. The Morgan fingerprint density at radius 2 is 2.12 bits per heavy atom. The van der Waals surface area contributed by atoms with Crippen molar-refractivity contribution in [3.63, 3.8) is 0 Å². The summed E-state index contributed by atoms with van der Waals surface area (Å²) in [7, 11) is 1.86. The van der Waals surface area contributed by atoms with E-state index >= 15 is 0 Å². The van der Waals surface area contributed by atoms with Crippen LogP contribution >= 0.6 is 27.3 Å². The Kier molecular flexibility index (Phi) is 3.74. The fraction of sp³-hybridized carbons (Fsp3) is 0.167. The average molecular weight is 300 g/mol. The first kappa shape index (κ1) is 11.8. The molecule has 16 heavy (non-hydrogen) atoms. The van der Waals surface area contributed by atoms with Gasteiger partial charge in [0.25, 0.3) is 0 Å². The quantitative estimate of drug-likeness (QED) is 0.902. The summed E-state index contributed by atoms with van der Waals surface area (Å²) in [5, 5.41) is 7.15. The molecule has 2 aromatic rings. The van der Waals surface area contributed by atoms with E-state index in [0.29, 0.717) is 6.54 Å². The van der Waals surface area contributed by atoms with Gasteiger partial charge in [-0.1, -0.05) is 6.07 Å². The molecule has 1 nitrogen and oxygen atoms in total. The molecule has 0 aliphatic heterocycles. The normalized spacial score (nSPS) is 10.7. The maximum Gasteiger partial charge on any atom is 0.123 e. The second kappa shape index (κ2) is 5.08. The van der Waals surface area contributed by atoms with Crippen LogP contribution in [0.1, 0.15) is 5.56 Å². The van der Waals surface area contributed by atoms with Crippen LogP contribution in [0.3, 0.4) is 0 Å². The predicted molar refractivity (Wildman–Crippen MR) is 70.2 cm³/mol. The largest absolute Gasteiger partial charge is 0.316 e. The predicted octanol–water partition coefficient (Wildman–Crippen LogP) is 4.04. The lowest BCUT2D eigenvalue weighted by atomic mass is 10.0. The molecular weight excluding hydrogens is 289 g/mol. The van der Waals surface area contributed by atoms with Crippen LogP contribution in [0.25, 0.3) is 11.1 Å². The molecule has 1 aromatic carbocycles. The van der Waals surface area contributed by atoms with E-state index in [9.17, 15) is 4.39 Å². The van der Waals surface area contributed by atoms with E-state index in [2.05, 4.69) is 26.6 Å². The number of thiophene rings is 1. The van der Waals surface area contributed by atoms with Crippen molar-refractivity contribution < 1.29 is 4.39 Å². The van der Waals surface area contributed by atoms with Crippen molar-refractivity contribution in [1.29, 1.82) is 0 Å². The molecule has 1 N–H and O–H groups in total. The third-order valence-electron chi connectivity index (χ3n) is 2.34. The number of rotatable bonds is 3. The molecule has 0 radical (unpaired) electrons. The molecule has 0 atom stereocenters.